The van der Waals surface area contributed by atoms with E-state index in [0.717, 1.165) is 0 Å². The Bertz CT molecular complexity index is 530. The first-order valence-corrected chi connectivity index (χ1v) is 6.85. The van der Waals surface area contributed by atoms with Gasteiger partial charge >= 0.3 is 11.9 Å². The molecule has 120 valence electrons. The van der Waals surface area contributed by atoms with Crippen molar-refractivity contribution in [1.82, 2.24) is 0 Å². The summed E-state index contributed by atoms with van der Waals surface area (Å²) in [5.74, 6) is -1.33. The van der Waals surface area contributed by atoms with E-state index in [2.05, 4.69) is 0 Å². The van der Waals surface area contributed by atoms with E-state index >= 15 is 0 Å². The highest BCUT2D eigenvalue weighted by atomic mass is 16.7. The first kappa shape index (κ1) is 16.4. The van der Waals surface area contributed by atoms with E-state index in [1.807, 2.05) is 0 Å². The van der Waals surface area contributed by atoms with Gasteiger partial charge in [0, 0.05) is 6.92 Å². The third kappa shape index (κ3) is 3.62. The maximum Gasteiger partial charge on any atom is 0.338 e. The maximum absolute atomic E-state index is 12.0. The SMILES string of the molecule is CC(=O)O[C@H]1[C@@H](O)[C@H](OC(=O)c2ccccc2)[C@H](O)O[C@H]1C. The van der Waals surface area contributed by atoms with Crippen LogP contribution in [0.15, 0.2) is 30.3 Å². The number of aliphatic hydroxyl groups is 2. The van der Waals surface area contributed by atoms with Crippen molar-refractivity contribution in [2.75, 3.05) is 0 Å². The van der Waals surface area contributed by atoms with Crippen molar-refractivity contribution in [3.05, 3.63) is 35.9 Å². The van der Waals surface area contributed by atoms with Gasteiger partial charge in [-0.2, -0.15) is 0 Å². The second-order valence-electron chi connectivity index (χ2n) is 5.03. The minimum Gasteiger partial charge on any atom is -0.457 e. The standard InChI is InChI=1S/C15H18O7/c1-8-12(21-9(2)16)11(17)13(15(19)20-8)22-14(18)10-6-4-3-5-7-10/h3-8,11-13,15,17,19H,1-2H3/t8-,11+,12+,13-,15+/m0/s1. The molecule has 1 heterocycles. The van der Waals surface area contributed by atoms with E-state index in [4.69, 9.17) is 14.2 Å². The van der Waals surface area contributed by atoms with E-state index in [1.165, 1.54) is 26.0 Å². The van der Waals surface area contributed by atoms with E-state index in [-0.39, 0.29) is 5.56 Å². The molecule has 1 aromatic rings. The lowest BCUT2D eigenvalue weighted by Crippen LogP contribution is -2.59. The van der Waals surface area contributed by atoms with Crippen molar-refractivity contribution in [1.29, 1.82) is 0 Å². The zero-order valence-corrected chi connectivity index (χ0v) is 12.2. The molecule has 0 aliphatic carbocycles. The molecule has 0 unspecified atom stereocenters. The molecule has 1 saturated heterocycles. The Kier molecular flexibility index (Phi) is 5.12. The Morgan fingerprint density at radius 3 is 2.32 bits per heavy atom. The van der Waals surface area contributed by atoms with Crippen LogP contribution in [0, 0.1) is 0 Å². The fourth-order valence-electron chi connectivity index (χ4n) is 2.26. The minimum atomic E-state index is -1.51. The number of esters is 2. The van der Waals surface area contributed by atoms with Gasteiger partial charge in [0.1, 0.15) is 6.10 Å². The average molecular weight is 310 g/mol. The van der Waals surface area contributed by atoms with E-state index < -0.39 is 42.6 Å². The predicted molar refractivity (Wildman–Crippen MR) is 73.8 cm³/mol. The summed E-state index contributed by atoms with van der Waals surface area (Å²) < 4.78 is 15.2. The Morgan fingerprint density at radius 1 is 1.09 bits per heavy atom. The Hall–Kier alpha value is -1.96. The largest absolute Gasteiger partial charge is 0.457 e. The molecular weight excluding hydrogens is 292 g/mol. The van der Waals surface area contributed by atoms with Crippen LogP contribution in [0.4, 0.5) is 0 Å². The molecule has 0 aromatic heterocycles. The third-order valence-corrected chi connectivity index (χ3v) is 3.33. The molecule has 2 rings (SSSR count). The molecule has 0 saturated carbocycles. The lowest BCUT2D eigenvalue weighted by atomic mass is 9.99. The molecule has 22 heavy (non-hydrogen) atoms. The second-order valence-corrected chi connectivity index (χ2v) is 5.03. The molecule has 7 nitrogen and oxygen atoms in total. The zero-order chi connectivity index (χ0) is 16.3. The van der Waals surface area contributed by atoms with Gasteiger partial charge in [0.05, 0.1) is 11.7 Å². The second kappa shape index (κ2) is 6.87. The number of carbonyl (C=O) groups excluding carboxylic acids is 2. The summed E-state index contributed by atoms with van der Waals surface area (Å²) in [7, 11) is 0. The lowest BCUT2D eigenvalue weighted by molar-refractivity contribution is -0.280. The summed E-state index contributed by atoms with van der Waals surface area (Å²) >= 11 is 0. The maximum atomic E-state index is 12.0. The van der Waals surface area contributed by atoms with E-state index in [1.54, 1.807) is 18.2 Å². The molecule has 1 aromatic carbocycles. The number of benzene rings is 1. The molecule has 1 aliphatic heterocycles. The lowest BCUT2D eigenvalue weighted by Gasteiger charge is -2.40. The third-order valence-electron chi connectivity index (χ3n) is 3.33. The molecule has 7 heteroatoms. The summed E-state index contributed by atoms with van der Waals surface area (Å²) in [6.07, 6.45) is -6.02. The van der Waals surface area contributed by atoms with Crippen LogP contribution < -0.4 is 0 Å². The number of aliphatic hydroxyl groups excluding tert-OH is 2. The first-order valence-electron chi connectivity index (χ1n) is 6.85. The molecule has 0 bridgehead atoms. The number of rotatable bonds is 3. The summed E-state index contributed by atoms with van der Waals surface area (Å²) in [5, 5.41) is 20.1. The molecule has 1 aliphatic rings. The monoisotopic (exact) mass is 310 g/mol. The van der Waals surface area contributed by atoms with Crippen molar-refractivity contribution in [3.8, 4) is 0 Å². The van der Waals surface area contributed by atoms with E-state index in [9.17, 15) is 19.8 Å². The van der Waals surface area contributed by atoms with Crippen molar-refractivity contribution < 1.29 is 34.0 Å². The van der Waals surface area contributed by atoms with Crippen LogP contribution in [0.1, 0.15) is 24.2 Å². The van der Waals surface area contributed by atoms with E-state index in [0.29, 0.717) is 0 Å². The highest BCUT2D eigenvalue weighted by molar-refractivity contribution is 5.89. The quantitative estimate of drug-likeness (QED) is 0.771. The van der Waals surface area contributed by atoms with Crippen molar-refractivity contribution >= 4 is 11.9 Å². The topological polar surface area (TPSA) is 102 Å². The number of hydrogen-bond donors (Lipinski definition) is 2. The van der Waals surface area contributed by atoms with Crippen molar-refractivity contribution in [3.63, 3.8) is 0 Å². The van der Waals surface area contributed by atoms with Crippen LogP contribution in [0.2, 0.25) is 0 Å². The average Bonchev–Trinajstić information content (AvgIpc) is 2.48. The summed E-state index contributed by atoms with van der Waals surface area (Å²) in [6.45, 7) is 2.73. The summed E-state index contributed by atoms with van der Waals surface area (Å²) in [6, 6.07) is 8.13. The molecular formula is C15H18O7. The van der Waals surface area contributed by atoms with Gasteiger partial charge in [-0.1, -0.05) is 18.2 Å². The summed E-state index contributed by atoms with van der Waals surface area (Å²) in [5.41, 5.74) is 0.268. The van der Waals surface area contributed by atoms with Gasteiger partial charge in [0.15, 0.2) is 18.5 Å². The molecule has 1 fully saturated rings. The molecule has 0 radical (unpaired) electrons. The van der Waals surface area contributed by atoms with Crippen LogP contribution in [0.5, 0.6) is 0 Å². The normalized spacial score (nSPS) is 31.4. The van der Waals surface area contributed by atoms with Gasteiger partial charge in [-0.3, -0.25) is 4.79 Å². The van der Waals surface area contributed by atoms with Gasteiger partial charge in [-0.25, -0.2) is 4.79 Å². The summed E-state index contributed by atoms with van der Waals surface area (Å²) in [4.78, 5) is 23.1. The highest BCUT2D eigenvalue weighted by Crippen LogP contribution is 2.25. The minimum absolute atomic E-state index is 0.268. The fourth-order valence-corrected chi connectivity index (χ4v) is 2.26. The number of carbonyl (C=O) groups is 2. The fraction of sp³-hybridized carbons (Fsp3) is 0.467. The van der Waals surface area contributed by atoms with Gasteiger partial charge < -0.3 is 24.4 Å². The molecule has 0 spiro atoms. The van der Waals surface area contributed by atoms with Gasteiger partial charge in [0.2, 0.25) is 0 Å². The van der Waals surface area contributed by atoms with Gasteiger partial charge in [0.25, 0.3) is 0 Å². The van der Waals surface area contributed by atoms with Crippen LogP contribution in [-0.4, -0.2) is 52.9 Å². The number of ether oxygens (including phenoxy) is 3. The van der Waals surface area contributed by atoms with Gasteiger partial charge in [-0.05, 0) is 19.1 Å². The molecule has 0 amide bonds. The number of hydrogen-bond acceptors (Lipinski definition) is 7. The molecule has 5 atom stereocenters. The van der Waals surface area contributed by atoms with Crippen molar-refractivity contribution in [2.24, 2.45) is 0 Å². The Labute approximate surface area is 127 Å². The van der Waals surface area contributed by atoms with Crippen LogP contribution in [0.25, 0.3) is 0 Å². The van der Waals surface area contributed by atoms with Gasteiger partial charge in [-0.15, -0.1) is 0 Å². The first-order chi connectivity index (χ1) is 10.4. The Balaban J connectivity index is 2.11. The highest BCUT2D eigenvalue weighted by Gasteiger charge is 2.47. The Morgan fingerprint density at radius 2 is 1.73 bits per heavy atom. The zero-order valence-electron chi connectivity index (χ0n) is 12.2. The van der Waals surface area contributed by atoms with Crippen molar-refractivity contribution in [2.45, 2.75) is 44.6 Å². The van der Waals surface area contributed by atoms with Crippen LogP contribution in [0.3, 0.4) is 0 Å². The predicted octanol–water partition coefficient (Wildman–Crippen LogP) is 0.242. The molecule has 2 N–H and O–H groups in total. The van der Waals surface area contributed by atoms with Crippen LogP contribution in [-0.2, 0) is 19.0 Å². The smallest absolute Gasteiger partial charge is 0.338 e. The van der Waals surface area contributed by atoms with Crippen LogP contribution >= 0.6 is 0 Å².